The van der Waals surface area contributed by atoms with Crippen molar-refractivity contribution in [2.45, 2.75) is 26.7 Å². The average molecular weight is 234 g/mol. The van der Waals surface area contributed by atoms with Crippen molar-refractivity contribution in [3.05, 3.63) is 36.4 Å². The second-order valence-corrected chi connectivity index (χ2v) is 4.67. The van der Waals surface area contributed by atoms with Gasteiger partial charge in [-0.3, -0.25) is 0 Å². The molecule has 0 aliphatic heterocycles. The van der Waals surface area contributed by atoms with Crippen LogP contribution in [0, 0.1) is 5.92 Å². The van der Waals surface area contributed by atoms with Crippen LogP contribution in [-0.4, -0.2) is 13.7 Å². The Hall–Kier alpha value is -1.44. The summed E-state index contributed by atoms with van der Waals surface area (Å²) in [6, 6.07) is 5.99. The van der Waals surface area contributed by atoms with E-state index in [4.69, 9.17) is 9.47 Å². The van der Waals surface area contributed by atoms with Crippen molar-refractivity contribution in [2.75, 3.05) is 13.7 Å². The molecule has 2 nitrogen and oxygen atoms in total. The Morgan fingerprint density at radius 1 is 1.18 bits per heavy atom. The highest BCUT2D eigenvalue weighted by molar-refractivity contribution is 5.40. The van der Waals surface area contributed by atoms with E-state index in [-0.39, 0.29) is 0 Å². The van der Waals surface area contributed by atoms with Crippen molar-refractivity contribution < 1.29 is 9.47 Å². The number of allylic oxidation sites excluding steroid dienone is 1. The molecule has 0 aliphatic carbocycles. The maximum absolute atomic E-state index is 5.73. The third kappa shape index (κ3) is 4.14. The van der Waals surface area contributed by atoms with E-state index in [1.54, 1.807) is 7.11 Å². The van der Waals surface area contributed by atoms with E-state index in [2.05, 4.69) is 33.4 Å². The van der Waals surface area contributed by atoms with Gasteiger partial charge in [0.25, 0.3) is 0 Å². The zero-order valence-electron chi connectivity index (χ0n) is 11.2. The first-order chi connectivity index (χ1) is 8.06. The minimum absolute atomic E-state index is 0.298. The van der Waals surface area contributed by atoms with E-state index in [0.29, 0.717) is 11.8 Å². The fraction of sp³-hybridized carbons (Fsp3) is 0.467. The molecule has 2 heteroatoms. The summed E-state index contributed by atoms with van der Waals surface area (Å²) in [5.41, 5.74) is 1.16. The van der Waals surface area contributed by atoms with E-state index >= 15 is 0 Å². The van der Waals surface area contributed by atoms with Crippen LogP contribution in [0.2, 0.25) is 0 Å². The van der Waals surface area contributed by atoms with Gasteiger partial charge in [0, 0.05) is 6.07 Å². The minimum atomic E-state index is 0.298. The summed E-state index contributed by atoms with van der Waals surface area (Å²) < 4.78 is 11.0. The highest BCUT2D eigenvalue weighted by Gasteiger charge is 2.07. The first-order valence-corrected chi connectivity index (χ1v) is 6.01. The third-order valence-corrected chi connectivity index (χ3v) is 2.60. The fourth-order valence-electron chi connectivity index (χ4n) is 1.46. The van der Waals surface area contributed by atoms with Crippen molar-refractivity contribution in [3.8, 4) is 11.5 Å². The molecule has 0 aliphatic rings. The molecule has 0 saturated heterocycles. The number of hydrogen-bond acceptors (Lipinski definition) is 2. The zero-order valence-corrected chi connectivity index (χ0v) is 11.2. The van der Waals surface area contributed by atoms with Gasteiger partial charge in [-0.2, -0.15) is 0 Å². The number of rotatable bonds is 6. The van der Waals surface area contributed by atoms with Crippen LogP contribution in [-0.2, 0) is 0 Å². The van der Waals surface area contributed by atoms with Crippen molar-refractivity contribution in [2.24, 2.45) is 5.92 Å². The Bertz CT molecular complexity index is 369. The Balaban J connectivity index is 2.92. The summed E-state index contributed by atoms with van der Waals surface area (Å²) in [4.78, 5) is 0. The van der Waals surface area contributed by atoms with Gasteiger partial charge in [0.15, 0.2) is 0 Å². The van der Waals surface area contributed by atoms with Crippen LogP contribution in [0.5, 0.6) is 11.5 Å². The quantitative estimate of drug-likeness (QED) is 0.692. The molecule has 17 heavy (non-hydrogen) atoms. The molecule has 0 bridgehead atoms. The molecular weight excluding hydrogens is 212 g/mol. The van der Waals surface area contributed by atoms with Gasteiger partial charge < -0.3 is 9.47 Å². The van der Waals surface area contributed by atoms with Crippen LogP contribution in [0.1, 0.15) is 32.3 Å². The lowest BCUT2D eigenvalue weighted by Crippen LogP contribution is -2.05. The topological polar surface area (TPSA) is 18.5 Å². The van der Waals surface area contributed by atoms with Gasteiger partial charge in [0.05, 0.1) is 13.7 Å². The third-order valence-electron chi connectivity index (χ3n) is 2.60. The standard InChI is InChI=1S/C15H22O2/c1-6-12(4)13-7-14(16-5)9-15(8-13)17-10-11(2)3/h6-9,11-12H,1,10H2,2-5H3. The highest BCUT2D eigenvalue weighted by atomic mass is 16.5. The largest absolute Gasteiger partial charge is 0.497 e. The van der Waals surface area contributed by atoms with Gasteiger partial charge in [0.1, 0.15) is 11.5 Å². The Morgan fingerprint density at radius 3 is 2.35 bits per heavy atom. The van der Waals surface area contributed by atoms with Gasteiger partial charge in [-0.25, -0.2) is 0 Å². The van der Waals surface area contributed by atoms with Gasteiger partial charge >= 0.3 is 0 Å². The maximum Gasteiger partial charge on any atom is 0.123 e. The predicted molar refractivity (Wildman–Crippen MR) is 71.9 cm³/mol. The van der Waals surface area contributed by atoms with Crippen molar-refractivity contribution in [3.63, 3.8) is 0 Å². The van der Waals surface area contributed by atoms with Crippen LogP contribution in [0.4, 0.5) is 0 Å². The number of methoxy groups -OCH3 is 1. The summed E-state index contributed by atoms with van der Waals surface area (Å²) in [6.45, 7) is 10.9. The summed E-state index contributed by atoms with van der Waals surface area (Å²) in [5.74, 6) is 2.50. The molecule has 0 amide bonds. The van der Waals surface area contributed by atoms with Gasteiger partial charge in [-0.05, 0) is 29.5 Å². The van der Waals surface area contributed by atoms with Crippen LogP contribution >= 0.6 is 0 Å². The molecule has 0 saturated carbocycles. The van der Waals surface area contributed by atoms with Crippen LogP contribution in [0.25, 0.3) is 0 Å². The first-order valence-electron chi connectivity index (χ1n) is 6.01. The van der Waals surface area contributed by atoms with Crippen molar-refractivity contribution in [1.82, 2.24) is 0 Å². The smallest absolute Gasteiger partial charge is 0.123 e. The molecule has 1 rings (SSSR count). The summed E-state index contributed by atoms with van der Waals surface area (Å²) in [5, 5.41) is 0. The average Bonchev–Trinajstić information content (AvgIpc) is 2.34. The molecule has 94 valence electrons. The normalized spacial score (nSPS) is 12.3. The number of benzene rings is 1. The molecule has 1 atom stereocenters. The summed E-state index contributed by atoms with van der Waals surface area (Å²) in [6.07, 6.45) is 1.92. The lowest BCUT2D eigenvalue weighted by atomic mass is 10.0. The molecule has 0 spiro atoms. The van der Waals surface area contributed by atoms with Crippen molar-refractivity contribution >= 4 is 0 Å². The zero-order chi connectivity index (χ0) is 12.8. The molecule has 0 heterocycles. The molecule has 1 unspecified atom stereocenters. The van der Waals surface area contributed by atoms with E-state index in [1.807, 2.05) is 18.2 Å². The second-order valence-electron chi connectivity index (χ2n) is 4.67. The minimum Gasteiger partial charge on any atom is -0.497 e. The van der Waals surface area contributed by atoms with E-state index < -0.39 is 0 Å². The van der Waals surface area contributed by atoms with Crippen LogP contribution in [0.3, 0.4) is 0 Å². The Labute approximate surface area is 104 Å². The van der Waals surface area contributed by atoms with Crippen molar-refractivity contribution in [1.29, 1.82) is 0 Å². The molecule has 0 fully saturated rings. The number of ether oxygens (including phenoxy) is 2. The molecular formula is C15H22O2. The number of hydrogen-bond donors (Lipinski definition) is 0. The lowest BCUT2D eigenvalue weighted by Gasteiger charge is -2.14. The Kier molecular flexibility index (Phi) is 5.08. The fourth-order valence-corrected chi connectivity index (χ4v) is 1.46. The lowest BCUT2D eigenvalue weighted by molar-refractivity contribution is 0.269. The van der Waals surface area contributed by atoms with E-state index in [9.17, 15) is 0 Å². The summed E-state index contributed by atoms with van der Waals surface area (Å²) >= 11 is 0. The van der Waals surface area contributed by atoms with Crippen LogP contribution in [0.15, 0.2) is 30.9 Å². The highest BCUT2D eigenvalue weighted by Crippen LogP contribution is 2.28. The molecule has 0 radical (unpaired) electrons. The first kappa shape index (κ1) is 13.6. The molecule has 0 aromatic heterocycles. The maximum atomic E-state index is 5.73. The van der Waals surface area contributed by atoms with E-state index in [0.717, 1.165) is 23.7 Å². The monoisotopic (exact) mass is 234 g/mol. The van der Waals surface area contributed by atoms with Gasteiger partial charge in [-0.1, -0.05) is 26.8 Å². The molecule has 1 aromatic rings. The van der Waals surface area contributed by atoms with Gasteiger partial charge in [0.2, 0.25) is 0 Å². The SMILES string of the molecule is C=CC(C)c1cc(OC)cc(OCC(C)C)c1. The molecule has 0 N–H and O–H groups in total. The molecule has 1 aromatic carbocycles. The Morgan fingerprint density at radius 2 is 1.82 bits per heavy atom. The second kappa shape index (κ2) is 6.33. The van der Waals surface area contributed by atoms with Crippen LogP contribution < -0.4 is 9.47 Å². The summed E-state index contributed by atoms with van der Waals surface area (Å²) in [7, 11) is 1.67. The van der Waals surface area contributed by atoms with Gasteiger partial charge in [-0.15, -0.1) is 6.58 Å². The van der Waals surface area contributed by atoms with E-state index in [1.165, 1.54) is 0 Å². The predicted octanol–water partition coefficient (Wildman–Crippen LogP) is 4.02.